The van der Waals surface area contributed by atoms with E-state index in [2.05, 4.69) is 24.1 Å². The zero-order valence-electron chi connectivity index (χ0n) is 10.8. The highest BCUT2D eigenvalue weighted by Crippen LogP contribution is 2.07. The van der Waals surface area contributed by atoms with Crippen LogP contribution in [-0.4, -0.2) is 12.5 Å². The lowest BCUT2D eigenvalue weighted by atomic mass is 10.1. The number of nitrogens with one attached hydrogen (secondary N) is 1. The van der Waals surface area contributed by atoms with Gasteiger partial charge in [-0.2, -0.15) is 0 Å². The SMILES string of the molecule is CCCCC(=O)NCc1ccccc1C#CCN. The van der Waals surface area contributed by atoms with Gasteiger partial charge in [0, 0.05) is 18.5 Å². The van der Waals surface area contributed by atoms with Crippen molar-refractivity contribution in [1.29, 1.82) is 0 Å². The zero-order chi connectivity index (χ0) is 13.2. The normalized spacial score (nSPS) is 9.44. The average Bonchev–Trinajstić information content (AvgIpc) is 2.41. The number of unbranched alkanes of at least 4 members (excludes halogenated alkanes) is 1. The first-order chi connectivity index (χ1) is 8.77. The summed E-state index contributed by atoms with van der Waals surface area (Å²) < 4.78 is 0. The van der Waals surface area contributed by atoms with Crippen LogP contribution in [-0.2, 0) is 11.3 Å². The van der Waals surface area contributed by atoms with Gasteiger partial charge >= 0.3 is 0 Å². The van der Waals surface area contributed by atoms with E-state index in [-0.39, 0.29) is 5.91 Å². The van der Waals surface area contributed by atoms with E-state index in [0.29, 0.717) is 19.5 Å². The third-order valence-corrected chi connectivity index (χ3v) is 2.58. The van der Waals surface area contributed by atoms with Crippen molar-refractivity contribution in [3.05, 3.63) is 35.4 Å². The maximum atomic E-state index is 11.5. The van der Waals surface area contributed by atoms with Crippen LogP contribution in [0, 0.1) is 11.8 Å². The summed E-state index contributed by atoms with van der Waals surface area (Å²) >= 11 is 0. The lowest BCUT2D eigenvalue weighted by Crippen LogP contribution is -2.22. The van der Waals surface area contributed by atoms with Crippen LogP contribution < -0.4 is 11.1 Å². The molecule has 0 saturated carbocycles. The first-order valence-electron chi connectivity index (χ1n) is 6.31. The number of carbonyl (C=O) groups is 1. The van der Waals surface area contributed by atoms with Crippen molar-refractivity contribution in [3.63, 3.8) is 0 Å². The van der Waals surface area contributed by atoms with Crippen LogP contribution in [0.5, 0.6) is 0 Å². The number of benzene rings is 1. The van der Waals surface area contributed by atoms with Gasteiger partial charge in [0.15, 0.2) is 0 Å². The van der Waals surface area contributed by atoms with Crippen LogP contribution in [0.2, 0.25) is 0 Å². The Morgan fingerprint density at radius 2 is 2.17 bits per heavy atom. The number of hydrogen-bond acceptors (Lipinski definition) is 2. The Morgan fingerprint density at radius 3 is 2.89 bits per heavy atom. The van der Waals surface area contributed by atoms with Gasteiger partial charge in [-0.1, -0.05) is 43.4 Å². The van der Waals surface area contributed by atoms with E-state index in [1.165, 1.54) is 0 Å². The highest BCUT2D eigenvalue weighted by Gasteiger charge is 2.02. The van der Waals surface area contributed by atoms with Crippen LogP contribution in [0.1, 0.15) is 37.3 Å². The first kappa shape index (κ1) is 14.3. The minimum absolute atomic E-state index is 0.0958. The molecule has 18 heavy (non-hydrogen) atoms. The molecule has 0 fully saturated rings. The smallest absolute Gasteiger partial charge is 0.220 e. The van der Waals surface area contributed by atoms with Crippen LogP contribution in [0.25, 0.3) is 0 Å². The minimum Gasteiger partial charge on any atom is -0.352 e. The van der Waals surface area contributed by atoms with Crippen molar-refractivity contribution in [2.24, 2.45) is 5.73 Å². The third kappa shape index (κ3) is 5.03. The fraction of sp³-hybridized carbons (Fsp3) is 0.400. The molecular formula is C15H20N2O. The van der Waals surface area contributed by atoms with Gasteiger partial charge < -0.3 is 11.1 Å². The molecule has 1 aromatic rings. The zero-order valence-corrected chi connectivity index (χ0v) is 10.8. The Labute approximate surface area is 109 Å². The van der Waals surface area contributed by atoms with E-state index in [0.717, 1.165) is 24.0 Å². The van der Waals surface area contributed by atoms with Gasteiger partial charge in [-0.3, -0.25) is 4.79 Å². The lowest BCUT2D eigenvalue weighted by molar-refractivity contribution is -0.121. The summed E-state index contributed by atoms with van der Waals surface area (Å²) in [6, 6.07) is 7.79. The molecule has 96 valence electrons. The number of rotatable bonds is 5. The van der Waals surface area contributed by atoms with Gasteiger partial charge in [-0.15, -0.1) is 0 Å². The Morgan fingerprint density at radius 1 is 1.39 bits per heavy atom. The third-order valence-electron chi connectivity index (χ3n) is 2.58. The van der Waals surface area contributed by atoms with E-state index in [1.54, 1.807) is 0 Å². The van der Waals surface area contributed by atoms with Gasteiger partial charge in [-0.05, 0) is 18.1 Å². The van der Waals surface area contributed by atoms with Crippen molar-refractivity contribution < 1.29 is 4.79 Å². The van der Waals surface area contributed by atoms with Gasteiger partial charge in [0.1, 0.15) is 0 Å². The first-order valence-corrected chi connectivity index (χ1v) is 6.31. The van der Waals surface area contributed by atoms with Crippen molar-refractivity contribution in [3.8, 4) is 11.8 Å². The molecule has 3 N–H and O–H groups in total. The quantitative estimate of drug-likeness (QED) is 0.776. The molecule has 0 aliphatic heterocycles. The van der Waals surface area contributed by atoms with Gasteiger partial charge in [0.25, 0.3) is 0 Å². The molecule has 0 heterocycles. The lowest BCUT2D eigenvalue weighted by Gasteiger charge is -2.06. The summed E-state index contributed by atoms with van der Waals surface area (Å²) in [5.74, 6) is 5.94. The monoisotopic (exact) mass is 244 g/mol. The Hall–Kier alpha value is -1.79. The van der Waals surface area contributed by atoms with Crippen molar-refractivity contribution in [2.75, 3.05) is 6.54 Å². The summed E-state index contributed by atoms with van der Waals surface area (Å²) in [6.07, 6.45) is 2.56. The molecule has 0 radical (unpaired) electrons. The Kier molecular flexibility index (Phi) is 6.60. The second kappa shape index (κ2) is 8.32. The van der Waals surface area contributed by atoms with Gasteiger partial charge in [0.05, 0.1) is 6.54 Å². The van der Waals surface area contributed by atoms with Crippen molar-refractivity contribution in [2.45, 2.75) is 32.7 Å². The Balaban J connectivity index is 2.58. The fourth-order valence-corrected chi connectivity index (χ4v) is 1.56. The molecule has 1 amide bonds. The molecule has 1 rings (SSSR count). The number of hydrogen-bond donors (Lipinski definition) is 2. The summed E-state index contributed by atoms with van der Waals surface area (Å²) in [7, 11) is 0. The van der Waals surface area contributed by atoms with Gasteiger partial charge in [0.2, 0.25) is 5.91 Å². The van der Waals surface area contributed by atoms with Crippen molar-refractivity contribution in [1.82, 2.24) is 5.32 Å². The molecule has 0 saturated heterocycles. The molecule has 0 bridgehead atoms. The molecular weight excluding hydrogens is 224 g/mol. The van der Waals surface area contributed by atoms with E-state index in [4.69, 9.17) is 5.73 Å². The number of nitrogens with two attached hydrogens (primary N) is 1. The van der Waals surface area contributed by atoms with Crippen LogP contribution in [0.3, 0.4) is 0 Å². The molecule has 0 atom stereocenters. The largest absolute Gasteiger partial charge is 0.352 e. The van der Waals surface area contributed by atoms with Crippen molar-refractivity contribution >= 4 is 5.91 Å². The molecule has 0 aliphatic carbocycles. The predicted octanol–water partition coefficient (Wildman–Crippen LogP) is 1.80. The molecule has 0 aromatic heterocycles. The summed E-state index contributed by atoms with van der Waals surface area (Å²) in [6.45, 7) is 2.94. The van der Waals surface area contributed by atoms with Crippen LogP contribution in [0.4, 0.5) is 0 Å². The van der Waals surface area contributed by atoms with E-state index in [1.807, 2.05) is 24.3 Å². The van der Waals surface area contributed by atoms with E-state index in [9.17, 15) is 4.79 Å². The average molecular weight is 244 g/mol. The highest BCUT2D eigenvalue weighted by molar-refractivity contribution is 5.75. The molecule has 0 aliphatic rings. The van der Waals surface area contributed by atoms with Crippen LogP contribution in [0.15, 0.2) is 24.3 Å². The summed E-state index contributed by atoms with van der Waals surface area (Å²) in [5, 5.41) is 2.91. The highest BCUT2D eigenvalue weighted by atomic mass is 16.1. The predicted molar refractivity (Wildman–Crippen MR) is 73.7 cm³/mol. The molecule has 3 heteroatoms. The topological polar surface area (TPSA) is 55.1 Å². The maximum absolute atomic E-state index is 11.5. The fourth-order valence-electron chi connectivity index (χ4n) is 1.56. The van der Waals surface area contributed by atoms with E-state index < -0.39 is 0 Å². The second-order valence-electron chi connectivity index (χ2n) is 4.04. The molecule has 1 aromatic carbocycles. The maximum Gasteiger partial charge on any atom is 0.220 e. The van der Waals surface area contributed by atoms with Gasteiger partial charge in [-0.25, -0.2) is 0 Å². The van der Waals surface area contributed by atoms with Crippen LogP contribution >= 0.6 is 0 Å². The number of amides is 1. The second-order valence-corrected chi connectivity index (χ2v) is 4.04. The summed E-state index contributed by atoms with van der Waals surface area (Å²) in [4.78, 5) is 11.5. The molecule has 3 nitrogen and oxygen atoms in total. The number of carbonyl (C=O) groups excluding carboxylic acids is 1. The molecule has 0 spiro atoms. The molecule has 0 unspecified atom stereocenters. The standard InChI is InChI=1S/C15H20N2O/c1-2-3-10-15(18)17-12-14-8-5-4-7-13(14)9-6-11-16/h4-5,7-8H,2-3,10-12,16H2,1H3,(H,17,18). The minimum atomic E-state index is 0.0958. The summed E-state index contributed by atoms with van der Waals surface area (Å²) in [5.41, 5.74) is 7.32. The van der Waals surface area contributed by atoms with E-state index >= 15 is 0 Å². The Bertz CT molecular complexity index is 443.